The molecule has 0 aliphatic heterocycles. The summed E-state index contributed by atoms with van der Waals surface area (Å²) in [5, 5.41) is 6.84. The van der Waals surface area contributed by atoms with Gasteiger partial charge in [0, 0.05) is 28.5 Å². The summed E-state index contributed by atoms with van der Waals surface area (Å²) in [6, 6.07) is 6.88. The molecule has 0 saturated heterocycles. The minimum atomic E-state index is 0.320. The zero-order valence-corrected chi connectivity index (χ0v) is 13.7. The highest BCUT2D eigenvalue weighted by Gasteiger charge is 2.15. The fraction of sp³-hybridized carbons (Fsp3) is 0.400. The van der Waals surface area contributed by atoms with Gasteiger partial charge in [0.25, 0.3) is 0 Å². The van der Waals surface area contributed by atoms with Crippen molar-refractivity contribution < 1.29 is 0 Å². The van der Waals surface area contributed by atoms with Crippen LogP contribution in [-0.2, 0) is 6.42 Å². The number of hydrogen-bond donors (Lipinski definition) is 1. The zero-order chi connectivity index (χ0) is 13.7. The number of nitrogens with zero attached hydrogens (tertiary/aromatic N) is 1. The van der Waals surface area contributed by atoms with Gasteiger partial charge < -0.3 is 5.32 Å². The number of halogens is 1. The molecule has 1 unspecified atom stereocenters. The molecule has 0 saturated carbocycles. The lowest BCUT2D eigenvalue weighted by atomic mass is 10.0. The van der Waals surface area contributed by atoms with E-state index >= 15 is 0 Å². The lowest BCUT2D eigenvalue weighted by Gasteiger charge is -2.19. The summed E-state index contributed by atoms with van der Waals surface area (Å²) < 4.78 is 1.18. The van der Waals surface area contributed by atoms with E-state index in [0.29, 0.717) is 6.04 Å². The van der Waals surface area contributed by atoms with Crippen LogP contribution in [0.15, 0.2) is 34.2 Å². The monoisotopic (exact) mass is 338 g/mol. The molecule has 1 atom stereocenters. The summed E-state index contributed by atoms with van der Waals surface area (Å²) in [5.41, 5.74) is 2.59. The number of thiazole rings is 1. The van der Waals surface area contributed by atoms with Gasteiger partial charge in [-0.3, -0.25) is 0 Å². The highest BCUT2D eigenvalue weighted by atomic mass is 79.9. The zero-order valence-electron chi connectivity index (χ0n) is 11.3. The maximum Gasteiger partial charge on any atom is 0.0943 e. The second-order valence-corrected chi connectivity index (χ2v) is 6.50. The van der Waals surface area contributed by atoms with Crippen molar-refractivity contribution in [2.45, 2.75) is 32.7 Å². The van der Waals surface area contributed by atoms with Crippen molar-refractivity contribution in [3.8, 4) is 0 Å². The summed E-state index contributed by atoms with van der Waals surface area (Å²) in [7, 11) is 0. The summed E-state index contributed by atoms with van der Waals surface area (Å²) >= 11 is 5.41. The van der Waals surface area contributed by atoms with E-state index in [1.807, 2.05) is 11.6 Å². The molecule has 1 N–H and O–H groups in total. The van der Waals surface area contributed by atoms with Gasteiger partial charge in [-0.15, -0.1) is 11.3 Å². The Bertz CT molecular complexity index is 511. The molecular weight excluding hydrogens is 320 g/mol. The standard InChI is InChI=1S/C15H19BrN2S/c1-3-6-17-14(10-15-18-7-8-19-15)12-5-4-11(2)9-13(12)16/h4-5,7-9,14,17H,3,6,10H2,1-2H3. The van der Waals surface area contributed by atoms with Crippen LogP contribution in [0.25, 0.3) is 0 Å². The first-order chi connectivity index (χ1) is 9.20. The van der Waals surface area contributed by atoms with E-state index in [0.717, 1.165) is 19.4 Å². The van der Waals surface area contributed by atoms with E-state index in [1.54, 1.807) is 11.3 Å². The number of benzene rings is 1. The van der Waals surface area contributed by atoms with E-state index in [1.165, 1.54) is 20.6 Å². The highest BCUT2D eigenvalue weighted by Crippen LogP contribution is 2.27. The first kappa shape index (κ1) is 14.7. The topological polar surface area (TPSA) is 24.9 Å². The number of nitrogens with one attached hydrogen (secondary N) is 1. The maximum atomic E-state index is 4.40. The molecule has 102 valence electrons. The van der Waals surface area contributed by atoms with Crippen molar-refractivity contribution in [3.05, 3.63) is 50.4 Å². The number of aromatic nitrogens is 1. The molecule has 1 aromatic carbocycles. The van der Waals surface area contributed by atoms with Crippen molar-refractivity contribution in [3.63, 3.8) is 0 Å². The lowest BCUT2D eigenvalue weighted by Crippen LogP contribution is -2.24. The fourth-order valence-electron chi connectivity index (χ4n) is 2.05. The predicted molar refractivity (Wildman–Crippen MR) is 85.7 cm³/mol. The minimum Gasteiger partial charge on any atom is -0.310 e. The molecule has 0 aliphatic rings. The quantitative estimate of drug-likeness (QED) is 0.838. The SMILES string of the molecule is CCCNC(Cc1nccs1)c1ccc(C)cc1Br. The van der Waals surface area contributed by atoms with Gasteiger partial charge in [-0.2, -0.15) is 0 Å². The van der Waals surface area contributed by atoms with Crippen molar-refractivity contribution >= 4 is 27.3 Å². The molecule has 0 radical (unpaired) electrons. The van der Waals surface area contributed by atoms with Crippen LogP contribution in [0.3, 0.4) is 0 Å². The molecule has 0 spiro atoms. The Balaban J connectivity index is 2.20. The van der Waals surface area contributed by atoms with Gasteiger partial charge in [-0.25, -0.2) is 4.98 Å². The van der Waals surface area contributed by atoms with Crippen LogP contribution in [0.4, 0.5) is 0 Å². The molecule has 1 heterocycles. The Hall–Kier alpha value is -0.710. The normalized spacial score (nSPS) is 12.6. The average molecular weight is 339 g/mol. The van der Waals surface area contributed by atoms with Crippen LogP contribution in [-0.4, -0.2) is 11.5 Å². The second kappa shape index (κ2) is 7.17. The fourth-order valence-corrected chi connectivity index (χ4v) is 3.49. The summed E-state index contributed by atoms with van der Waals surface area (Å²) in [5.74, 6) is 0. The molecule has 4 heteroatoms. The highest BCUT2D eigenvalue weighted by molar-refractivity contribution is 9.10. The van der Waals surface area contributed by atoms with Gasteiger partial charge in [-0.05, 0) is 37.1 Å². The van der Waals surface area contributed by atoms with E-state index in [4.69, 9.17) is 0 Å². The second-order valence-electron chi connectivity index (χ2n) is 4.66. The molecule has 2 nitrogen and oxygen atoms in total. The third-order valence-electron chi connectivity index (χ3n) is 3.03. The Labute approximate surface area is 127 Å². The van der Waals surface area contributed by atoms with Gasteiger partial charge in [0.05, 0.1) is 5.01 Å². The third kappa shape index (κ3) is 4.13. The van der Waals surface area contributed by atoms with Crippen molar-refractivity contribution in [2.75, 3.05) is 6.54 Å². The molecule has 0 bridgehead atoms. The Kier molecular flexibility index (Phi) is 5.55. The van der Waals surface area contributed by atoms with E-state index in [-0.39, 0.29) is 0 Å². The third-order valence-corrected chi connectivity index (χ3v) is 4.52. The van der Waals surface area contributed by atoms with Crippen LogP contribution in [0.1, 0.15) is 35.5 Å². The van der Waals surface area contributed by atoms with Crippen LogP contribution in [0.2, 0.25) is 0 Å². The molecule has 0 fully saturated rings. The maximum absolute atomic E-state index is 4.40. The molecule has 1 aromatic heterocycles. The molecule has 0 amide bonds. The van der Waals surface area contributed by atoms with E-state index in [9.17, 15) is 0 Å². The Morgan fingerprint density at radius 3 is 2.89 bits per heavy atom. The Morgan fingerprint density at radius 1 is 1.42 bits per heavy atom. The van der Waals surface area contributed by atoms with Crippen molar-refractivity contribution in [1.29, 1.82) is 0 Å². The first-order valence-electron chi connectivity index (χ1n) is 6.58. The Morgan fingerprint density at radius 2 is 2.26 bits per heavy atom. The predicted octanol–water partition coefficient (Wildman–Crippen LogP) is 4.50. The van der Waals surface area contributed by atoms with Crippen molar-refractivity contribution in [1.82, 2.24) is 10.3 Å². The molecular formula is C15H19BrN2S. The average Bonchev–Trinajstić information content (AvgIpc) is 2.88. The van der Waals surface area contributed by atoms with Crippen LogP contribution in [0, 0.1) is 6.92 Å². The smallest absolute Gasteiger partial charge is 0.0943 e. The summed E-state index contributed by atoms with van der Waals surface area (Å²) in [4.78, 5) is 4.40. The summed E-state index contributed by atoms with van der Waals surface area (Å²) in [6.07, 6.45) is 3.96. The van der Waals surface area contributed by atoms with Gasteiger partial charge in [0.1, 0.15) is 0 Å². The minimum absolute atomic E-state index is 0.320. The van der Waals surface area contributed by atoms with Gasteiger partial charge in [0.15, 0.2) is 0 Å². The molecule has 19 heavy (non-hydrogen) atoms. The van der Waals surface area contributed by atoms with Gasteiger partial charge in [0.2, 0.25) is 0 Å². The molecule has 0 aliphatic carbocycles. The number of aryl methyl sites for hydroxylation is 1. The summed E-state index contributed by atoms with van der Waals surface area (Å²) in [6.45, 7) is 5.33. The molecule has 2 rings (SSSR count). The largest absolute Gasteiger partial charge is 0.310 e. The number of hydrogen-bond acceptors (Lipinski definition) is 3. The van der Waals surface area contributed by atoms with Crippen LogP contribution in [0.5, 0.6) is 0 Å². The van der Waals surface area contributed by atoms with Crippen LogP contribution < -0.4 is 5.32 Å². The number of rotatable bonds is 6. The van der Waals surface area contributed by atoms with Crippen molar-refractivity contribution in [2.24, 2.45) is 0 Å². The van der Waals surface area contributed by atoms with Gasteiger partial charge >= 0.3 is 0 Å². The molecule has 2 aromatic rings. The van der Waals surface area contributed by atoms with E-state index in [2.05, 4.69) is 58.3 Å². The lowest BCUT2D eigenvalue weighted by molar-refractivity contribution is 0.526. The van der Waals surface area contributed by atoms with Crippen LogP contribution >= 0.6 is 27.3 Å². The first-order valence-corrected chi connectivity index (χ1v) is 8.25. The van der Waals surface area contributed by atoms with E-state index < -0.39 is 0 Å². The van der Waals surface area contributed by atoms with Gasteiger partial charge in [-0.1, -0.05) is 35.0 Å².